The molecule has 1 aromatic carbocycles. The topological polar surface area (TPSA) is 27.1 Å². The molecule has 0 unspecified atom stereocenters. The lowest BCUT2D eigenvalue weighted by Crippen LogP contribution is -2.07. The second-order valence-electron chi connectivity index (χ2n) is 4.18. The molecule has 0 spiro atoms. The minimum Gasteiger partial charge on any atom is -0.380 e. The average molecular weight is 270 g/mol. The first-order chi connectivity index (χ1) is 8.91. The molecule has 0 aliphatic heterocycles. The van der Waals surface area contributed by atoms with Crippen molar-refractivity contribution in [3.63, 3.8) is 0 Å². The fourth-order valence-electron chi connectivity index (χ4n) is 1.77. The molecule has 3 nitrogen and oxygen atoms in total. The molecule has 0 aliphatic rings. The SMILES string of the molecule is COCc1ccc(-n2nc(C(F)(F)F)cc2C)cc1. The fraction of sp³-hybridized carbons (Fsp3) is 0.308. The summed E-state index contributed by atoms with van der Waals surface area (Å²) in [7, 11) is 1.58. The van der Waals surface area contributed by atoms with E-state index in [-0.39, 0.29) is 0 Å². The van der Waals surface area contributed by atoms with Gasteiger partial charge in [-0.2, -0.15) is 18.3 Å². The minimum atomic E-state index is -4.42. The van der Waals surface area contributed by atoms with Crippen molar-refractivity contribution in [2.75, 3.05) is 7.11 Å². The molecule has 0 N–H and O–H groups in total. The summed E-state index contributed by atoms with van der Waals surface area (Å²) in [4.78, 5) is 0. The van der Waals surface area contributed by atoms with Crippen LogP contribution < -0.4 is 0 Å². The zero-order valence-electron chi connectivity index (χ0n) is 10.5. The standard InChI is InChI=1S/C13H13F3N2O/c1-9-7-12(13(14,15)16)17-18(9)11-5-3-10(4-6-11)8-19-2/h3-7H,8H2,1-2H3. The van der Waals surface area contributed by atoms with Crippen LogP contribution in [0.25, 0.3) is 5.69 Å². The summed E-state index contributed by atoms with van der Waals surface area (Å²) in [5.41, 5.74) is 1.10. The number of aromatic nitrogens is 2. The van der Waals surface area contributed by atoms with Crippen LogP contribution in [0.4, 0.5) is 13.2 Å². The molecule has 0 fully saturated rings. The quantitative estimate of drug-likeness (QED) is 0.855. The van der Waals surface area contributed by atoms with Crippen molar-refractivity contribution in [1.82, 2.24) is 9.78 Å². The van der Waals surface area contributed by atoms with Gasteiger partial charge in [-0.05, 0) is 30.7 Å². The average Bonchev–Trinajstić information content (AvgIpc) is 2.73. The second kappa shape index (κ2) is 5.05. The van der Waals surface area contributed by atoms with E-state index in [9.17, 15) is 13.2 Å². The first-order valence-corrected chi connectivity index (χ1v) is 5.64. The summed E-state index contributed by atoms with van der Waals surface area (Å²) >= 11 is 0. The Balaban J connectivity index is 2.34. The Hall–Kier alpha value is -1.82. The maximum atomic E-state index is 12.6. The molecule has 102 valence electrons. The van der Waals surface area contributed by atoms with Gasteiger partial charge in [0.2, 0.25) is 0 Å². The molecule has 19 heavy (non-hydrogen) atoms. The van der Waals surface area contributed by atoms with E-state index in [1.165, 1.54) is 4.68 Å². The maximum Gasteiger partial charge on any atom is 0.435 e. The van der Waals surface area contributed by atoms with Crippen LogP contribution in [0.3, 0.4) is 0 Å². The molecule has 2 rings (SSSR count). The Morgan fingerprint density at radius 2 is 1.84 bits per heavy atom. The lowest BCUT2D eigenvalue weighted by atomic mass is 10.2. The maximum absolute atomic E-state index is 12.6. The third-order valence-electron chi connectivity index (χ3n) is 2.67. The van der Waals surface area contributed by atoms with Crippen LogP contribution in [0, 0.1) is 6.92 Å². The van der Waals surface area contributed by atoms with E-state index in [4.69, 9.17) is 4.74 Å². The first kappa shape index (κ1) is 13.6. The van der Waals surface area contributed by atoms with Crippen LogP contribution in [0.15, 0.2) is 30.3 Å². The largest absolute Gasteiger partial charge is 0.435 e. The molecule has 1 heterocycles. The molecule has 0 saturated carbocycles. The van der Waals surface area contributed by atoms with Crippen molar-refractivity contribution in [1.29, 1.82) is 0 Å². The lowest BCUT2D eigenvalue weighted by molar-refractivity contribution is -0.141. The van der Waals surface area contributed by atoms with Gasteiger partial charge in [-0.15, -0.1) is 0 Å². The van der Waals surface area contributed by atoms with Crippen molar-refractivity contribution in [2.24, 2.45) is 0 Å². The molecule has 0 amide bonds. The Morgan fingerprint density at radius 3 is 2.32 bits per heavy atom. The third-order valence-corrected chi connectivity index (χ3v) is 2.67. The molecule has 1 aromatic heterocycles. The summed E-state index contributed by atoms with van der Waals surface area (Å²) in [5.74, 6) is 0. The smallest absolute Gasteiger partial charge is 0.380 e. The van der Waals surface area contributed by atoms with Crippen LogP contribution in [-0.4, -0.2) is 16.9 Å². The molecule has 0 radical (unpaired) electrons. The van der Waals surface area contributed by atoms with Gasteiger partial charge in [0.25, 0.3) is 0 Å². The zero-order valence-corrected chi connectivity index (χ0v) is 10.5. The Kier molecular flexibility index (Phi) is 3.61. The predicted octanol–water partition coefficient (Wildman–Crippen LogP) is 3.35. The van der Waals surface area contributed by atoms with E-state index in [2.05, 4.69) is 5.10 Å². The highest BCUT2D eigenvalue weighted by Crippen LogP contribution is 2.29. The number of alkyl halides is 3. The van der Waals surface area contributed by atoms with Crippen LogP contribution in [0.5, 0.6) is 0 Å². The lowest BCUT2D eigenvalue weighted by Gasteiger charge is -2.06. The Morgan fingerprint density at radius 1 is 1.21 bits per heavy atom. The van der Waals surface area contributed by atoms with Gasteiger partial charge in [0.1, 0.15) is 0 Å². The van der Waals surface area contributed by atoms with Crippen molar-refractivity contribution >= 4 is 0 Å². The van der Waals surface area contributed by atoms with E-state index in [0.717, 1.165) is 11.6 Å². The van der Waals surface area contributed by atoms with Crippen molar-refractivity contribution < 1.29 is 17.9 Å². The minimum absolute atomic E-state index is 0.437. The molecular formula is C13H13F3N2O. The first-order valence-electron chi connectivity index (χ1n) is 5.64. The number of benzene rings is 1. The van der Waals surface area contributed by atoms with E-state index >= 15 is 0 Å². The van der Waals surface area contributed by atoms with Gasteiger partial charge in [-0.3, -0.25) is 0 Å². The van der Waals surface area contributed by atoms with Crippen LogP contribution >= 0.6 is 0 Å². The molecule has 0 aliphatic carbocycles. The number of rotatable bonds is 3. The third kappa shape index (κ3) is 2.96. The number of hydrogen-bond acceptors (Lipinski definition) is 2. The fourth-order valence-corrected chi connectivity index (χ4v) is 1.77. The van der Waals surface area contributed by atoms with Gasteiger partial charge < -0.3 is 4.74 Å². The van der Waals surface area contributed by atoms with E-state index in [1.807, 2.05) is 0 Å². The molecule has 0 saturated heterocycles. The highest BCUT2D eigenvalue weighted by Gasteiger charge is 2.34. The number of aryl methyl sites for hydroxylation is 1. The van der Waals surface area contributed by atoms with E-state index in [1.54, 1.807) is 38.3 Å². The van der Waals surface area contributed by atoms with E-state index < -0.39 is 11.9 Å². The highest BCUT2D eigenvalue weighted by atomic mass is 19.4. The molecule has 0 atom stereocenters. The number of ether oxygens (including phenoxy) is 1. The predicted molar refractivity (Wildman–Crippen MR) is 64.0 cm³/mol. The van der Waals surface area contributed by atoms with Gasteiger partial charge in [-0.1, -0.05) is 12.1 Å². The number of methoxy groups -OCH3 is 1. The molecule has 0 bridgehead atoms. The van der Waals surface area contributed by atoms with Gasteiger partial charge in [0.15, 0.2) is 5.69 Å². The molecular weight excluding hydrogens is 257 g/mol. The molecule has 6 heteroatoms. The van der Waals surface area contributed by atoms with Gasteiger partial charge in [0, 0.05) is 12.8 Å². The van der Waals surface area contributed by atoms with Crippen molar-refractivity contribution in [2.45, 2.75) is 19.7 Å². The van der Waals surface area contributed by atoms with Gasteiger partial charge in [-0.25, -0.2) is 4.68 Å². The van der Waals surface area contributed by atoms with E-state index in [0.29, 0.717) is 18.0 Å². The summed E-state index contributed by atoms with van der Waals surface area (Å²) in [6, 6.07) is 8.06. The van der Waals surface area contributed by atoms with Crippen LogP contribution in [0.2, 0.25) is 0 Å². The number of hydrogen-bond donors (Lipinski definition) is 0. The second-order valence-corrected chi connectivity index (χ2v) is 4.18. The highest BCUT2D eigenvalue weighted by molar-refractivity contribution is 5.36. The molecule has 2 aromatic rings. The van der Waals surface area contributed by atoms with Gasteiger partial charge >= 0.3 is 6.18 Å². The summed E-state index contributed by atoms with van der Waals surface area (Å²) in [6.45, 7) is 2.05. The number of halogens is 3. The number of nitrogens with zero attached hydrogens (tertiary/aromatic N) is 2. The van der Waals surface area contributed by atoms with Crippen LogP contribution in [-0.2, 0) is 17.5 Å². The monoisotopic (exact) mass is 270 g/mol. The summed E-state index contributed by atoms with van der Waals surface area (Å²) in [5, 5.41) is 3.59. The van der Waals surface area contributed by atoms with Crippen molar-refractivity contribution in [3.8, 4) is 5.69 Å². The Bertz CT molecular complexity index is 558. The Labute approximate surface area is 108 Å². The van der Waals surface area contributed by atoms with Crippen molar-refractivity contribution in [3.05, 3.63) is 47.3 Å². The van der Waals surface area contributed by atoms with Crippen LogP contribution in [0.1, 0.15) is 17.0 Å². The van der Waals surface area contributed by atoms with Gasteiger partial charge in [0.05, 0.1) is 12.3 Å². The summed E-state index contributed by atoms with van der Waals surface area (Å²) in [6.07, 6.45) is -4.42. The summed E-state index contributed by atoms with van der Waals surface area (Å²) < 4.78 is 44.0. The zero-order chi connectivity index (χ0) is 14.0. The normalized spacial score (nSPS) is 11.8.